The third-order valence-corrected chi connectivity index (χ3v) is 2.98. The van der Waals surface area contributed by atoms with Crippen LogP contribution in [0.1, 0.15) is 26.5 Å². The molecule has 3 aromatic rings. The molecular formula is C12H9N3O4. The van der Waals surface area contributed by atoms with E-state index in [9.17, 15) is 14.7 Å². The normalized spacial score (nSPS) is 11.2. The molecule has 0 spiro atoms. The Balaban J connectivity index is 2.42. The van der Waals surface area contributed by atoms with E-state index in [-0.39, 0.29) is 11.3 Å². The van der Waals surface area contributed by atoms with E-state index >= 15 is 0 Å². The van der Waals surface area contributed by atoms with E-state index in [4.69, 9.17) is 5.11 Å². The first-order valence-corrected chi connectivity index (χ1v) is 5.46. The third kappa shape index (κ3) is 1.48. The van der Waals surface area contributed by atoms with Gasteiger partial charge in [-0.1, -0.05) is 0 Å². The van der Waals surface area contributed by atoms with Gasteiger partial charge in [-0.05, 0) is 25.1 Å². The van der Waals surface area contributed by atoms with E-state index in [1.54, 1.807) is 13.0 Å². The van der Waals surface area contributed by atoms with Gasteiger partial charge in [-0.25, -0.2) is 14.6 Å². The topological polar surface area (TPSA) is 108 Å². The summed E-state index contributed by atoms with van der Waals surface area (Å²) in [5.74, 6) is -1.73. The van der Waals surface area contributed by atoms with Gasteiger partial charge in [0.25, 0.3) is 0 Å². The summed E-state index contributed by atoms with van der Waals surface area (Å²) in [6.45, 7) is 1.65. The Hall–Kier alpha value is -2.83. The Bertz CT molecular complexity index is 844. The summed E-state index contributed by atoms with van der Waals surface area (Å²) in [5, 5.41) is 18.1. The smallest absolute Gasteiger partial charge is 0.354 e. The molecule has 0 fully saturated rings. The fraction of sp³-hybridized carbons (Fsp3) is 0.0833. The quantitative estimate of drug-likeness (QED) is 0.646. The highest BCUT2D eigenvalue weighted by molar-refractivity contribution is 5.95. The van der Waals surface area contributed by atoms with Crippen LogP contribution in [0.2, 0.25) is 0 Å². The molecule has 2 heterocycles. The van der Waals surface area contributed by atoms with Crippen LogP contribution in [-0.2, 0) is 0 Å². The summed E-state index contributed by atoms with van der Waals surface area (Å²) < 4.78 is 1.47. The van der Waals surface area contributed by atoms with Gasteiger partial charge in [-0.15, -0.1) is 0 Å². The van der Waals surface area contributed by atoms with E-state index in [2.05, 4.69) is 9.97 Å². The van der Waals surface area contributed by atoms with Crippen molar-refractivity contribution in [3.05, 3.63) is 35.2 Å². The van der Waals surface area contributed by atoms with Crippen LogP contribution in [0, 0.1) is 6.92 Å². The molecule has 0 unspecified atom stereocenters. The Labute approximate surface area is 106 Å². The average molecular weight is 259 g/mol. The average Bonchev–Trinajstić information content (AvgIpc) is 2.81. The first kappa shape index (κ1) is 11.3. The lowest BCUT2D eigenvalue weighted by molar-refractivity contribution is 0.0681. The van der Waals surface area contributed by atoms with E-state index in [0.717, 1.165) is 0 Å². The number of nitrogens with zero attached hydrogens (tertiary/aromatic N) is 2. The first-order valence-electron chi connectivity index (χ1n) is 5.46. The van der Waals surface area contributed by atoms with Crippen molar-refractivity contribution >= 4 is 28.7 Å². The zero-order chi connectivity index (χ0) is 13.7. The molecule has 0 aliphatic rings. The molecular weight excluding hydrogens is 250 g/mol. The highest BCUT2D eigenvalue weighted by atomic mass is 16.4. The van der Waals surface area contributed by atoms with Crippen molar-refractivity contribution in [1.82, 2.24) is 14.4 Å². The fourth-order valence-corrected chi connectivity index (χ4v) is 2.17. The van der Waals surface area contributed by atoms with E-state index in [0.29, 0.717) is 22.5 Å². The molecule has 0 saturated carbocycles. The van der Waals surface area contributed by atoms with E-state index in [1.807, 2.05) is 0 Å². The zero-order valence-electron chi connectivity index (χ0n) is 9.84. The van der Waals surface area contributed by atoms with Crippen molar-refractivity contribution < 1.29 is 19.8 Å². The number of carboxylic acid groups (broad SMARTS) is 2. The summed E-state index contributed by atoms with van der Waals surface area (Å²) in [6, 6.07) is 4.39. The number of aromatic amines is 1. The maximum Gasteiger partial charge on any atom is 0.354 e. The van der Waals surface area contributed by atoms with Crippen molar-refractivity contribution in [3.8, 4) is 0 Å². The van der Waals surface area contributed by atoms with Crippen molar-refractivity contribution in [2.45, 2.75) is 6.92 Å². The number of aryl methyl sites for hydroxylation is 1. The summed E-state index contributed by atoms with van der Waals surface area (Å²) in [6.07, 6.45) is 0. The van der Waals surface area contributed by atoms with Crippen LogP contribution in [0.4, 0.5) is 0 Å². The van der Waals surface area contributed by atoms with Crippen LogP contribution >= 0.6 is 0 Å². The molecule has 0 aliphatic heterocycles. The number of aromatic nitrogens is 3. The van der Waals surface area contributed by atoms with E-state index < -0.39 is 11.9 Å². The van der Waals surface area contributed by atoms with Gasteiger partial charge >= 0.3 is 11.9 Å². The molecule has 3 rings (SSSR count). The summed E-state index contributed by atoms with van der Waals surface area (Å²) in [5.41, 5.74) is 1.71. The van der Waals surface area contributed by atoms with Gasteiger partial charge in [0.15, 0.2) is 5.69 Å². The number of nitrogens with one attached hydrogen (secondary N) is 1. The number of carbonyl (C=O) groups is 2. The van der Waals surface area contributed by atoms with Crippen LogP contribution in [-0.4, -0.2) is 36.5 Å². The van der Waals surface area contributed by atoms with Gasteiger partial charge in [-0.3, -0.25) is 4.40 Å². The third-order valence-electron chi connectivity index (χ3n) is 2.98. The minimum atomic E-state index is -1.06. The van der Waals surface area contributed by atoms with Crippen LogP contribution in [0.3, 0.4) is 0 Å². The SMILES string of the molecule is Cc1[nH]c2nc3cc(C(=O)O)ccc3n2c1C(=O)O. The number of benzene rings is 1. The predicted octanol–water partition coefficient (Wildman–Crippen LogP) is 1.52. The van der Waals surface area contributed by atoms with Crippen molar-refractivity contribution in [2.24, 2.45) is 0 Å². The summed E-state index contributed by atoms with van der Waals surface area (Å²) in [7, 11) is 0. The lowest BCUT2D eigenvalue weighted by atomic mass is 10.2. The molecule has 0 saturated heterocycles. The van der Waals surface area contributed by atoms with Crippen LogP contribution < -0.4 is 0 Å². The molecule has 1 aromatic carbocycles. The van der Waals surface area contributed by atoms with Gasteiger partial charge in [0.2, 0.25) is 5.78 Å². The lowest BCUT2D eigenvalue weighted by Crippen LogP contribution is -2.03. The highest BCUT2D eigenvalue weighted by Crippen LogP contribution is 2.21. The molecule has 96 valence electrons. The molecule has 0 atom stereocenters. The molecule has 0 bridgehead atoms. The van der Waals surface area contributed by atoms with Gasteiger partial charge in [0.05, 0.1) is 16.6 Å². The number of hydrogen-bond acceptors (Lipinski definition) is 3. The number of hydrogen-bond donors (Lipinski definition) is 3. The zero-order valence-corrected chi connectivity index (χ0v) is 9.84. The molecule has 2 aromatic heterocycles. The molecule has 0 amide bonds. The second-order valence-corrected chi connectivity index (χ2v) is 4.18. The molecule has 7 heteroatoms. The maximum atomic E-state index is 11.3. The first-order chi connectivity index (χ1) is 8.99. The minimum absolute atomic E-state index is 0.0978. The number of aromatic carboxylic acids is 2. The van der Waals surface area contributed by atoms with Crippen molar-refractivity contribution in [3.63, 3.8) is 0 Å². The lowest BCUT2D eigenvalue weighted by Gasteiger charge is -1.97. The second-order valence-electron chi connectivity index (χ2n) is 4.18. The molecule has 0 aliphatic carbocycles. The number of fused-ring (bicyclic) bond motifs is 3. The van der Waals surface area contributed by atoms with Gasteiger partial charge < -0.3 is 15.2 Å². The number of H-pyrrole nitrogens is 1. The van der Waals surface area contributed by atoms with Gasteiger partial charge in [0.1, 0.15) is 0 Å². The van der Waals surface area contributed by atoms with Crippen LogP contribution in [0.5, 0.6) is 0 Å². The number of imidazole rings is 2. The molecule has 3 N–H and O–H groups in total. The highest BCUT2D eigenvalue weighted by Gasteiger charge is 2.19. The maximum absolute atomic E-state index is 11.3. The largest absolute Gasteiger partial charge is 0.478 e. The van der Waals surface area contributed by atoms with Crippen LogP contribution in [0.15, 0.2) is 18.2 Å². The Kier molecular flexibility index (Phi) is 2.12. The monoisotopic (exact) mass is 259 g/mol. The van der Waals surface area contributed by atoms with Gasteiger partial charge in [0, 0.05) is 5.69 Å². The standard InChI is InChI=1S/C12H9N3O4/c1-5-9(11(18)19)15-8-3-2-6(10(16)17)4-7(8)14-12(15)13-5/h2-4H,1H3,(H,13,14)(H,16,17)(H,18,19). The fourth-order valence-electron chi connectivity index (χ4n) is 2.17. The van der Waals surface area contributed by atoms with Crippen molar-refractivity contribution in [1.29, 1.82) is 0 Å². The Morgan fingerprint density at radius 1 is 1.26 bits per heavy atom. The van der Waals surface area contributed by atoms with Crippen LogP contribution in [0.25, 0.3) is 16.8 Å². The Morgan fingerprint density at radius 2 is 2.00 bits per heavy atom. The summed E-state index contributed by atoms with van der Waals surface area (Å²) in [4.78, 5) is 29.2. The molecule has 19 heavy (non-hydrogen) atoms. The van der Waals surface area contributed by atoms with E-state index in [1.165, 1.54) is 16.5 Å². The predicted molar refractivity (Wildman–Crippen MR) is 65.7 cm³/mol. The minimum Gasteiger partial charge on any atom is -0.478 e. The van der Waals surface area contributed by atoms with Gasteiger partial charge in [-0.2, -0.15) is 0 Å². The Morgan fingerprint density at radius 3 is 2.63 bits per heavy atom. The second kappa shape index (κ2) is 3.58. The molecule has 0 radical (unpaired) electrons. The number of carboxylic acids is 2. The number of rotatable bonds is 2. The molecule has 7 nitrogen and oxygen atoms in total. The van der Waals surface area contributed by atoms with Crippen molar-refractivity contribution in [2.75, 3.05) is 0 Å². The summed E-state index contributed by atoms with van der Waals surface area (Å²) >= 11 is 0.